The average molecular weight is 523 g/mol. The second-order valence-electron chi connectivity index (χ2n) is 10.2. The number of carbonyl (C=O) groups excluding carboxylic acids is 1. The van der Waals surface area contributed by atoms with E-state index in [0.717, 1.165) is 29.1 Å². The predicted molar refractivity (Wildman–Crippen MR) is 131 cm³/mol. The zero-order valence-electron chi connectivity index (χ0n) is 21.1. The van der Waals surface area contributed by atoms with Gasteiger partial charge in [-0.05, 0) is 68.7 Å². The Kier molecular flexibility index (Phi) is 8.67. The molecule has 0 unspecified atom stereocenters. The number of ether oxygens (including phenoxy) is 1. The quantitative estimate of drug-likeness (QED) is 0.517. The first-order chi connectivity index (χ1) is 17.6. The summed E-state index contributed by atoms with van der Waals surface area (Å²) in [5.74, 6) is -0.0707. The largest absolute Gasteiger partial charge is 0.468 e. The van der Waals surface area contributed by atoms with E-state index in [0.29, 0.717) is 64.5 Å². The lowest BCUT2D eigenvalue weighted by molar-refractivity contribution is -0.154. The Morgan fingerprint density at radius 1 is 1.19 bits per heavy atom. The molecule has 1 N–H and O–H groups in total. The maximum Gasteiger partial charge on any atom is 0.422 e. The van der Waals surface area contributed by atoms with Crippen LogP contribution in [0, 0.1) is 6.92 Å². The molecule has 4 rings (SSSR count). The topological polar surface area (TPSA) is 67.4 Å². The number of alkyl halides is 4. The summed E-state index contributed by atoms with van der Waals surface area (Å²) in [4.78, 5) is 23.0. The first-order valence-corrected chi connectivity index (χ1v) is 12.9. The average Bonchev–Trinajstić information content (AvgIpc) is 3.05. The van der Waals surface area contributed by atoms with Crippen LogP contribution in [-0.2, 0) is 24.1 Å². The summed E-state index contributed by atoms with van der Waals surface area (Å²) >= 11 is 0. The van der Waals surface area contributed by atoms with Gasteiger partial charge in [0.15, 0.2) is 6.61 Å². The third-order valence-corrected chi connectivity index (χ3v) is 7.24. The van der Waals surface area contributed by atoms with Crippen LogP contribution in [-0.4, -0.2) is 64.9 Å². The summed E-state index contributed by atoms with van der Waals surface area (Å²) < 4.78 is 57.6. The van der Waals surface area contributed by atoms with Crippen LogP contribution in [0.2, 0.25) is 0 Å². The number of halogens is 4. The number of aromatic nitrogens is 2. The fourth-order valence-electron chi connectivity index (χ4n) is 5.13. The van der Waals surface area contributed by atoms with Crippen LogP contribution in [0.4, 0.5) is 17.6 Å². The molecule has 202 valence electrons. The van der Waals surface area contributed by atoms with Crippen LogP contribution in [0.15, 0.2) is 30.5 Å². The standard InChI is InChI=1S/C27H34F4N4O2/c1-19-16-20(6-12-32-19)17-24(36)33-22-4-9-26(28,10-5-22)11-15-35-13-7-21-2-3-25(34-23(21)8-14-35)37-18-27(29,30)31/h2-3,6,12,16,22H,4-5,7-11,13-15,17-18H2,1H3,(H,33,36)/t22-,26+. The number of fused-ring (bicyclic) bond motifs is 1. The van der Waals surface area contributed by atoms with E-state index in [1.807, 2.05) is 19.1 Å². The Hall–Kier alpha value is -2.75. The van der Waals surface area contributed by atoms with Crippen molar-refractivity contribution in [2.24, 2.45) is 0 Å². The van der Waals surface area contributed by atoms with Crippen LogP contribution in [0.1, 0.15) is 54.6 Å². The lowest BCUT2D eigenvalue weighted by Crippen LogP contribution is -2.43. The number of aryl methyl sites for hydroxylation is 1. The Balaban J connectivity index is 1.20. The molecule has 1 fully saturated rings. The third kappa shape index (κ3) is 8.38. The van der Waals surface area contributed by atoms with Crippen molar-refractivity contribution in [2.75, 3.05) is 26.2 Å². The van der Waals surface area contributed by atoms with Crippen molar-refractivity contribution in [1.29, 1.82) is 0 Å². The van der Waals surface area contributed by atoms with Crippen molar-refractivity contribution in [3.8, 4) is 5.88 Å². The van der Waals surface area contributed by atoms with Crippen LogP contribution in [0.3, 0.4) is 0 Å². The summed E-state index contributed by atoms with van der Waals surface area (Å²) in [6.45, 7) is 2.56. The highest BCUT2D eigenvalue weighted by atomic mass is 19.4. The number of rotatable bonds is 8. The molecule has 2 aromatic rings. The van der Waals surface area contributed by atoms with Gasteiger partial charge < -0.3 is 15.0 Å². The van der Waals surface area contributed by atoms with Crippen LogP contribution >= 0.6 is 0 Å². The van der Waals surface area contributed by atoms with Gasteiger partial charge in [-0.3, -0.25) is 9.78 Å². The molecule has 0 aromatic carbocycles. The number of carbonyl (C=O) groups is 1. The number of nitrogens with zero attached hydrogens (tertiary/aromatic N) is 3. The Labute approximate surface area is 214 Å². The molecule has 0 spiro atoms. The molecule has 0 radical (unpaired) electrons. The lowest BCUT2D eigenvalue weighted by Gasteiger charge is -2.35. The molecule has 1 saturated carbocycles. The minimum absolute atomic E-state index is 0.00756. The van der Waals surface area contributed by atoms with E-state index in [-0.39, 0.29) is 17.8 Å². The molecule has 1 amide bonds. The van der Waals surface area contributed by atoms with Crippen molar-refractivity contribution in [3.63, 3.8) is 0 Å². The van der Waals surface area contributed by atoms with Gasteiger partial charge in [0, 0.05) is 55.7 Å². The van der Waals surface area contributed by atoms with Crippen molar-refractivity contribution < 1.29 is 27.1 Å². The van der Waals surface area contributed by atoms with Gasteiger partial charge in [0.25, 0.3) is 0 Å². The molecule has 6 nitrogen and oxygen atoms in total. The van der Waals surface area contributed by atoms with Crippen LogP contribution < -0.4 is 10.1 Å². The van der Waals surface area contributed by atoms with Crippen molar-refractivity contribution in [3.05, 3.63) is 53.0 Å². The van der Waals surface area contributed by atoms with Gasteiger partial charge in [0.2, 0.25) is 11.8 Å². The molecular weight excluding hydrogens is 488 g/mol. The highest BCUT2D eigenvalue weighted by molar-refractivity contribution is 5.78. The van der Waals surface area contributed by atoms with Gasteiger partial charge in [-0.1, -0.05) is 6.07 Å². The van der Waals surface area contributed by atoms with E-state index < -0.39 is 18.5 Å². The van der Waals surface area contributed by atoms with Crippen LogP contribution in [0.5, 0.6) is 5.88 Å². The first-order valence-electron chi connectivity index (χ1n) is 12.9. The molecule has 0 saturated heterocycles. The van der Waals surface area contributed by atoms with Gasteiger partial charge in [-0.2, -0.15) is 13.2 Å². The van der Waals surface area contributed by atoms with E-state index in [4.69, 9.17) is 4.74 Å². The van der Waals surface area contributed by atoms with Gasteiger partial charge >= 0.3 is 6.18 Å². The van der Waals surface area contributed by atoms with E-state index in [1.165, 1.54) is 6.07 Å². The second-order valence-corrected chi connectivity index (χ2v) is 10.2. The molecule has 1 aliphatic carbocycles. The highest BCUT2D eigenvalue weighted by Crippen LogP contribution is 2.35. The maximum atomic E-state index is 15.6. The minimum atomic E-state index is -4.41. The second kappa shape index (κ2) is 11.8. The molecule has 0 bridgehead atoms. The van der Waals surface area contributed by atoms with Crippen LogP contribution in [0.25, 0.3) is 0 Å². The highest BCUT2D eigenvalue weighted by Gasteiger charge is 2.36. The normalized spacial score (nSPS) is 22.7. The first kappa shape index (κ1) is 27.3. The number of amides is 1. The molecule has 37 heavy (non-hydrogen) atoms. The monoisotopic (exact) mass is 522 g/mol. The zero-order valence-corrected chi connectivity index (χ0v) is 21.1. The fourth-order valence-corrected chi connectivity index (χ4v) is 5.13. The van der Waals surface area contributed by atoms with E-state index in [9.17, 15) is 18.0 Å². The Morgan fingerprint density at radius 3 is 2.68 bits per heavy atom. The third-order valence-electron chi connectivity index (χ3n) is 7.24. The molecular formula is C27H34F4N4O2. The van der Waals surface area contributed by atoms with Gasteiger partial charge in [-0.15, -0.1) is 0 Å². The van der Waals surface area contributed by atoms with E-state index in [1.54, 1.807) is 12.3 Å². The summed E-state index contributed by atoms with van der Waals surface area (Å²) in [7, 11) is 0. The molecule has 0 atom stereocenters. The van der Waals surface area contributed by atoms with Crippen molar-refractivity contribution in [2.45, 2.75) is 76.2 Å². The summed E-state index contributed by atoms with van der Waals surface area (Å²) in [6.07, 6.45) is 1.38. The maximum absolute atomic E-state index is 15.6. The number of hydrogen-bond donors (Lipinski definition) is 1. The molecule has 10 heteroatoms. The number of hydrogen-bond acceptors (Lipinski definition) is 5. The van der Waals surface area contributed by atoms with E-state index in [2.05, 4.69) is 20.2 Å². The lowest BCUT2D eigenvalue weighted by atomic mass is 9.81. The van der Waals surface area contributed by atoms with Gasteiger partial charge in [0.05, 0.1) is 6.42 Å². The molecule has 2 aliphatic rings. The van der Waals surface area contributed by atoms with Crippen molar-refractivity contribution >= 4 is 5.91 Å². The summed E-state index contributed by atoms with van der Waals surface area (Å²) in [6, 6.07) is 6.97. The fraction of sp³-hybridized carbons (Fsp3) is 0.593. The number of nitrogens with one attached hydrogen (secondary N) is 1. The zero-order chi connectivity index (χ0) is 26.5. The Bertz CT molecular complexity index is 1070. The summed E-state index contributed by atoms with van der Waals surface area (Å²) in [5.41, 5.74) is 2.28. The van der Waals surface area contributed by atoms with Crippen molar-refractivity contribution in [1.82, 2.24) is 20.2 Å². The summed E-state index contributed by atoms with van der Waals surface area (Å²) in [5, 5.41) is 3.05. The SMILES string of the molecule is Cc1cc(CC(=O)N[C@H]2CC[C@](F)(CCN3CCc4ccc(OCC(F)(F)F)nc4CC3)CC2)ccn1. The molecule has 2 aromatic heterocycles. The predicted octanol–water partition coefficient (Wildman–Crippen LogP) is 4.53. The minimum Gasteiger partial charge on any atom is -0.468 e. The molecule has 3 heterocycles. The van der Waals surface area contributed by atoms with Gasteiger partial charge in [-0.25, -0.2) is 9.37 Å². The smallest absolute Gasteiger partial charge is 0.422 e. The number of pyridine rings is 2. The Morgan fingerprint density at radius 2 is 1.95 bits per heavy atom. The molecule has 1 aliphatic heterocycles. The van der Waals surface area contributed by atoms with E-state index >= 15 is 4.39 Å². The van der Waals surface area contributed by atoms with Gasteiger partial charge in [0.1, 0.15) is 5.67 Å².